The minimum atomic E-state index is -0.233. The second-order valence-electron chi connectivity index (χ2n) is 5.68. The van der Waals surface area contributed by atoms with E-state index in [0.29, 0.717) is 16.8 Å². The zero-order valence-corrected chi connectivity index (χ0v) is 14.9. The van der Waals surface area contributed by atoms with Crippen LogP contribution in [0.1, 0.15) is 5.82 Å². The van der Waals surface area contributed by atoms with Crippen molar-refractivity contribution in [3.8, 4) is 22.6 Å². The van der Waals surface area contributed by atoms with Gasteiger partial charge in [-0.3, -0.25) is 4.98 Å². The number of hydrogen-bond acceptors (Lipinski definition) is 5. The third-order valence-corrected chi connectivity index (χ3v) is 4.68. The summed E-state index contributed by atoms with van der Waals surface area (Å²) in [7, 11) is 1.61. The van der Waals surface area contributed by atoms with Crippen LogP contribution >= 0.6 is 11.8 Å². The van der Waals surface area contributed by atoms with Crippen molar-refractivity contribution in [1.82, 2.24) is 19.7 Å². The van der Waals surface area contributed by atoms with Crippen molar-refractivity contribution in [3.63, 3.8) is 0 Å². The summed E-state index contributed by atoms with van der Waals surface area (Å²) in [5.41, 5.74) is 2.53. The highest BCUT2D eigenvalue weighted by Gasteiger charge is 2.17. The Morgan fingerprint density at radius 3 is 2.31 bits per heavy atom. The molecule has 0 bridgehead atoms. The number of thioether (sulfide) groups is 1. The Kier molecular flexibility index (Phi) is 4.45. The molecule has 0 aliphatic carbocycles. The van der Waals surface area contributed by atoms with E-state index in [4.69, 9.17) is 4.42 Å². The quantitative estimate of drug-likeness (QED) is 0.546. The first kappa shape index (κ1) is 16.4. The molecule has 2 heterocycles. The molecular formula is C19H16N4O2S. The van der Waals surface area contributed by atoms with Crippen LogP contribution in [0.15, 0.2) is 75.1 Å². The van der Waals surface area contributed by atoms with E-state index >= 15 is 0 Å². The van der Waals surface area contributed by atoms with E-state index in [0.717, 1.165) is 22.6 Å². The normalized spacial score (nSPS) is 11.0. The van der Waals surface area contributed by atoms with Gasteiger partial charge >= 0.3 is 5.69 Å². The van der Waals surface area contributed by atoms with Crippen LogP contribution in [0.5, 0.6) is 0 Å². The lowest BCUT2D eigenvalue weighted by Crippen LogP contribution is -2.13. The smallest absolute Gasteiger partial charge is 0.343 e. The van der Waals surface area contributed by atoms with Gasteiger partial charge in [0.05, 0.1) is 5.75 Å². The van der Waals surface area contributed by atoms with Crippen LogP contribution in [-0.4, -0.2) is 19.7 Å². The maximum atomic E-state index is 11.5. The lowest BCUT2D eigenvalue weighted by atomic mass is 10.1. The number of nitrogens with one attached hydrogen (secondary N) is 1. The number of nitrogens with zero attached hydrogens (tertiary/aromatic N) is 3. The van der Waals surface area contributed by atoms with Gasteiger partial charge in [0.25, 0.3) is 5.22 Å². The van der Waals surface area contributed by atoms with Crippen molar-refractivity contribution in [2.75, 3.05) is 0 Å². The largest absolute Gasteiger partial charge is 0.431 e. The molecule has 6 nitrogen and oxygen atoms in total. The van der Waals surface area contributed by atoms with E-state index in [-0.39, 0.29) is 5.69 Å². The Hall–Kier alpha value is -3.06. The van der Waals surface area contributed by atoms with Gasteiger partial charge in [0.2, 0.25) is 0 Å². The Labute approximate surface area is 153 Å². The Morgan fingerprint density at radius 2 is 1.69 bits per heavy atom. The van der Waals surface area contributed by atoms with Gasteiger partial charge in [-0.25, -0.2) is 14.5 Å². The number of H-pyrrole nitrogens is 1. The Morgan fingerprint density at radius 1 is 1.04 bits per heavy atom. The van der Waals surface area contributed by atoms with Crippen molar-refractivity contribution in [2.45, 2.75) is 11.0 Å². The maximum Gasteiger partial charge on any atom is 0.343 e. The predicted octanol–water partition coefficient (Wildman–Crippen LogP) is 3.72. The number of aryl methyl sites for hydroxylation is 1. The lowest BCUT2D eigenvalue weighted by molar-refractivity contribution is 0.466. The molecule has 0 radical (unpaired) electrons. The standard InChI is InChI=1S/C19H16N4O2S/c1-23-18(24)20-15(22-23)12-26-19-21-16(13-8-4-2-5-9-13)17(25-19)14-10-6-3-7-11-14/h2-11H,12H2,1H3,(H,20,22,24). The Balaban J connectivity index is 1.68. The van der Waals surface area contributed by atoms with Crippen molar-refractivity contribution in [1.29, 1.82) is 0 Å². The summed E-state index contributed by atoms with van der Waals surface area (Å²) < 4.78 is 7.31. The van der Waals surface area contributed by atoms with Gasteiger partial charge in [-0.1, -0.05) is 72.4 Å². The second-order valence-corrected chi connectivity index (χ2v) is 6.61. The van der Waals surface area contributed by atoms with Gasteiger partial charge in [-0.2, -0.15) is 5.10 Å². The molecule has 2 aromatic heterocycles. The van der Waals surface area contributed by atoms with Crippen LogP contribution in [0.25, 0.3) is 22.6 Å². The molecule has 0 saturated carbocycles. The summed E-state index contributed by atoms with van der Waals surface area (Å²) in [6.45, 7) is 0. The first-order chi connectivity index (χ1) is 12.7. The third kappa shape index (κ3) is 3.34. The highest BCUT2D eigenvalue weighted by atomic mass is 32.2. The molecule has 4 rings (SSSR count). The minimum Gasteiger partial charge on any atom is -0.431 e. The molecule has 0 unspecified atom stereocenters. The summed E-state index contributed by atoms with van der Waals surface area (Å²) in [6.07, 6.45) is 0. The highest BCUT2D eigenvalue weighted by Crippen LogP contribution is 2.35. The number of aromatic amines is 1. The minimum absolute atomic E-state index is 0.233. The van der Waals surface area contributed by atoms with Crippen LogP contribution in [0, 0.1) is 0 Å². The summed E-state index contributed by atoms with van der Waals surface area (Å²) in [5.74, 6) is 1.79. The number of aromatic nitrogens is 4. The van der Waals surface area contributed by atoms with Crippen LogP contribution in [-0.2, 0) is 12.8 Å². The van der Waals surface area contributed by atoms with Crippen LogP contribution in [0.2, 0.25) is 0 Å². The van der Waals surface area contributed by atoms with Gasteiger partial charge in [-0.05, 0) is 0 Å². The highest BCUT2D eigenvalue weighted by molar-refractivity contribution is 7.98. The first-order valence-corrected chi connectivity index (χ1v) is 9.06. The topological polar surface area (TPSA) is 76.7 Å². The molecule has 0 spiro atoms. The molecule has 0 aliphatic rings. The fourth-order valence-corrected chi connectivity index (χ4v) is 3.28. The summed E-state index contributed by atoms with van der Waals surface area (Å²) in [6, 6.07) is 19.8. The van der Waals surface area contributed by atoms with Crippen molar-refractivity contribution >= 4 is 11.8 Å². The number of rotatable bonds is 5. The number of oxazole rings is 1. The summed E-state index contributed by atoms with van der Waals surface area (Å²) in [5, 5.41) is 4.67. The third-order valence-electron chi connectivity index (χ3n) is 3.84. The molecule has 4 aromatic rings. The summed E-state index contributed by atoms with van der Waals surface area (Å²) in [4.78, 5) is 18.9. The van der Waals surface area contributed by atoms with Gasteiger partial charge in [0.15, 0.2) is 5.76 Å². The fourth-order valence-electron chi connectivity index (χ4n) is 2.59. The molecule has 2 aromatic carbocycles. The van der Waals surface area contributed by atoms with Crippen molar-refractivity contribution < 1.29 is 4.42 Å². The SMILES string of the molecule is Cn1nc(CSc2nc(-c3ccccc3)c(-c3ccccc3)o2)[nH]c1=O. The van der Waals surface area contributed by atoms with E-state index in [1.165, 1.54) is 16.4 Å². The molecule has 0 fully saturated rings. The first-order valence-electron chi connectivity index (χ1n) is 8.07. The average Bonchev–Trinajstić information content (AvgIpc) is 3.25. The van der Waals surface area contributed by atoms with E-state index in [1.54, 1.807) is 7.05 Å². The number of hydrogen-bond donors (Lipinski definition) is 1. The molecule has 1 N–H and O–H groups in total. The van der Waals surface area contributed by atoms with Gasteiger partial charge in [0, 0.05) is 18.2 Å². The fraction of sp³-hybridized carbons (Fsp3) is 0.105. The Bertz CT molecular complexity index is 1010. The van der Waals surface area contributed by atoms with Crippen molar-refractivity contribution in [2.24, 2.45) is 7.05 Å². The molecule has 0 aliphatic heterocycles. The summed E-state index contributed by atoms with van der Waals surface area (Å²) >= 11 is 1.40. The van der Waals surface area contributed by atoms with Crippen LogP contribution in [0.4, 0.5) is 0 Å². The van der Waals surface area contributed by atoms with E-state index in [1.807, 2.05) is 60.7 Å². The zero-order valence-electron chi connectivity index (χ0n) is 14.0. The molecule has 130 valence electrons. The average molecular weight is 364 g/mol. The number of benzene rings is 2. The van der Waals surface area contributed by atoms with Gasteiger partial charge in [0.1, 0.15) is 11.5 Å². The lowest BCUT2D eigenvalue weighted by Gasteiger charge is -2.00. The van der Waals surface area contributed by atoms with Crippen molar-refractivity contribution in [3.05, 3.63) is 77.0 Å². The van der Waals surface area contributed by atoms with Gasteiger partial charge < -0.3 is 4.42 Å². The van der Waals surface area contributed by atoms with Crippen LogP contribution < -0.4 is 5.69 Å². The zero-order chi connectivity index (χ0) is 17.9. The second kappa shape index (κ2) is 7.05. The molecule has 0 saturated heterocycles. The van der Waals surface area contributed by atoms with E-state index in [9.17, 15) is 4.79 Å². The molecule has 0 amide bonds. The molecular weight excluding hydrogens is 348 g/mol. The van der Waals surface area contributed by atoms with E-state index < -0.39 is 0 Å². The molecule has 0 atom stereocenters. The molecule has 26 heavy (non-hydrogen) atoms. The van der Waals surface area contributed by atoms with Gasteiger partial charge in [-0.15, -0.1) is 0 Å². The monoisotopic (exact) mass is 364 g/mol. The maximum absolute atomic E-state index is 11.5. The van der Waals surface area contributed by atoms with E-state index in [2.05, 4.69) is 15.1 Å². The van der Waals surface area contributed by atoms with Crippen LogP contribution in [0.3, 0.4) is 0 Å². The molecule has 7 heteroatoms. The predicted molar refractivity (Wildman–Crippen MR) is 101 cm³/mol.